The van der Waals surface area contributed by atoms with Crippen LogP contribution in [0.3, 0.4) is 0 Å². The van der Waals surface area contributed by atoms with Gasteiger partial charge in [-0.3, -0.25) is 4.40 Å². The van der Waals surface area contributed by atoms with Gasteiger partial charge in [0.2, 0.25) is 0 Å². The van der Waals surface area contributed by atoms with Crippen LogP contribution in [0.5, 0.6) is 0 Å². The molecule has 1 aliphatic carbocycles. The average molecular weight is 280 g/mol. The highest BCUT2D eigenvalue weighted by Gasteiger charge is 2.20. The Balaban J connectivity index is 1.86. The van der Waals surface area contributed by atoms with Crippen molar-refractivity contribution < 1.29 is 5.11 Å². The second-order valence-electron chi connectivity index (χ2n) is 6.14. The van der Waals surface area contributed by atoms with Crippen LogP contribution in [-0.2, 0) is 0 Å². The van der Waals surface area contributed by atoms with Crippen molar-refractivity contribution in [3.05, 3.63) is 42.1 Å². The zero-order chi connectivity index (χ0) is 14.2. The molecule has 4 rings (SSSR count). The van der Waals surface area contributed by atoms with Gasteiger partial charge in [0.1, 0.15) is 0 Å². The average Bonchev–Trinajstić information content (AvgIpc) is 3.11. The highest BCUT2D eigenvalue weighted by Crippen LogP contribution is 2.27. The quantitative estimate of drug-likeness (QED) is 0.783. The van der Waals surface area contributed by atoms with Gasteiger partial charge in [-0.2, -0.15) is 0 Å². The van der Waals surface area contributed by atoms with E-state index >= 15 is 0 Å². The largest absolute Gasteiger partial charge is 0.389 e. The highest BCUT2D eigenvalue weighted by atomic mass is 16.3. The molecule has 2 aromatic heterocycles. The molecule has 1 atom stereocenters. The van der Waals surface area contributed by atoms with E-state index in [1.54, 1.807) is 0 Å². The van der Waals surface area contributed by atoms with E-state index < -0.39 is 0 Å². The summed E-state index contributed by atoms with van der Waals surface area (Å²) >= 11 is 0. The molecule has 2 heterocycles. The Morgan fingerprint density at radius 1 is 1.14 bits per heavy atom. The van der Waals surface area contributed by atoms with Crippen molar-refractivity contribution in [2.45, 2.75) is 38.2 Å². The van der Waals surface area contributed by atoms with Gasteiger partial charge in [-0.1, -0.05) is 43.5 Å². The summed E-state index contributed by atoms with van der Waals surface area (Å²) in [6, 6.07) is 8.36. The summed E-state index contributed by atoms with van der Waals surface area (Å²) in [5.41, 5.74) is 1.12. The number of hydrogen-bond acceptors (Lipinski definition) is 2. The van der Waals surface area contributed by atoms with Gasteiger partial charge in [0.15, 0.2) is 0 Å². The molecule has 1 saturated carbocycles. The SMILES string of the molecule is OC(/C=c1/c2ccccc2c2cncn12)C1CCCCC1. The van der Waals surface area contributed by atoms with Crippen molar-refractivity contribution >= 4 is 22.4 Å². The third-order valence-corrected chi connectivity index (χ3v) is 4.84. The summed E-state index contributed by atoms with van der Waals surface area (Å²) in [5, 5.41) is 14.1. The lowest BCUT2D eigenvalue weighted by Crippen LogP contribution is -2.24. The van der Waals surface area contributed by atoms with Crippen molar-refractivity contribution in [1.82, 2.24) is 9.38 Å². The summed E-state index contributed by atoms with van der Waals surface area (Å²) in [7, 11) is 0. The first-order valence-electron chi connectivity index (χ1n) is 7.87. The number of aliphatic hydroxyl groups excluding tert-OH is 1. The Hall–Kier alpha value is -1.87. The first-order chi connectivity index (χ1) is 10.3. The van der Waals surface area contributed by atoms with Crippen molar-refractivity contribution in [2.75, 3.05) is 0 Å². The molecule has 0 saturated heterocycles. The van der Waals surface area contributed by atoms with Crippen LogP contribution in [-0.4, -0.2) is 20.6 Å². The van der Waals surface area contributed by atoms with E-state index in [1.165, 1.54) is 30.0 Å². The van der Waals surface area contributed by atoms with Crippen LogP contribution in [0.4, 0.5) is 0 Å². The van der Waals surface area contributed by atoms with Gasteiger partial charge < -0.3 is 5.11 Å². The van der Waals surface area contributed by atoms with Gasteiger partial charge in [0.25, 0.3) is 0 Å². The van der Waals surface area contributed by atoms with E-state index in [-0.39, 0.29) is 6.10 Å². The number of aromatic nitrogens is 2. The lowest BCUT2D eigenvalue weighted by atomic mass is 9.85. The number of nitrogens with zero attached hydrogens (tertiary/aromatic N) is 2. The number of fused-ring (bicyclic) bond motifs is 3. The fourth-order valence-electron chi connectivity index (χ4n) is 3.69. The minimum absolute atomic E-state index is 0.360. The fourth-order valence-corrected chi connectivity index (χ4v) is 3.69. The van der Waals surface area contributed by atoms with Gasteiger partial charge in [0, 0.05) is 10.8 Å². The second kappa shape index (κ2) is 5.15. The standard InChI is InChI=1S/C18H20N2O/c21-18(13-6-2-1-3-7-13)10-16-14-8-4-5-9-15(14)17-11-19-12-20(16)17/h4-5,8-13,18,21H,1-3,6-7H2/b16-10-. The number of rotatable bonds is 2. The molecule has 1 unspecified atom stereocenters. The summed E-state index contributed by atoms with van der Waals surface area (Å²) in [4.78, 5) is 4.25. The number of hydrogen-bond donors (Lipinski definition) is 1. The zero-order valence-corrected chi connectivity index (χ0v) is 12.1. The van der Waals surface area contributed by atoms with E-state index in [0.29, 0.717) is 5.92 Å². The first-order valence-corrected chi connectivity index (χ1v) is 7.87. The number of imidazole rings is 1. The summed E-state index contributed by atoms with van der Waals surface area (Å²) in [6.07, 6.45) is 11.5. The molecule has 3 heteroatoms. The Kier molecular flexibility index (Phi) is 3.15. The van der Waals surface area contributed by atoms with Gasteiger partial charge in [-0.25, -0.2) is 4.98 Å². The number of aliphatic hydroxyl groups is 1. The summed E-state index contributed by atoms with van der Waals surface area (Å²) in [6.45, 7) is 0. The monoisotopic (exact) mass is 280 g/mol. The fraction of sp³-hybridized carbons (Fsp3) is 0.389. The van der Waals surface area contributed by atoms with Crippen LogP contribution in [0, 0.1) is 5.92 Å². The predicted octanol–water partition coefficient (Wildman–Crippen LogP) is 2.93. The van der Waals surface area contributed by atoms with Crippen LogP contribution in [0.2, 0.25) is 0 Å². The lowest BCUT2D eigenvalue weighted by molar-refractivity contribution is 0.137. The zero-order valence-electron chi connectivity index (χ0n) is 12.1. The minimum atomic E-state index is -0.360. The normalized spacial score (nSPS) is 19.6. The molecule has 0 spiro atoms. The molecule has 108 valence electrons. The molecule has 1 aromatic carbocycles. The van der Waals surface area contributed by atoms with E-state index in [1.807, 2.05) is 18.6 Å². The van der Waals surface area contributed by atoms with Crippen molar-refractivity contribution in [2.24, 2.45) is 5.92 Å². The molecular formula is C18H20N2O. The Morgan fingerprint density at radius 2 is 1.90 bits per heavy atom. The third-order valence-electron chi connectivity index (χ3n) is 4.84. The van der Waals surface area contributed by atoms with E-state index in [2.05, 4.69) is 33.7 Å². The van der Waals surface area contributed by atoms with Crippen LogP contribution in [0.1, 0.15) is 32.1 Å². The molecule has 1 fully saturated rings. The smallest absolute Gasteiger partial charge is 0.0997 e. The molecule has 1 aliphatic rings. The van der Waals surface area contributed by atoms with Gasteiger partial charge >= 0.3 is 0 Å². The van der Waals surface area contributed by atoms with Crippen LogP contribution in [0.15, 0.2) is 36.8 Å². The minimum Gasteiger partial charge on any atom is -0.389 e. The Bertz CT molecular complexity index is 814. The second-order valence-corrected chi connectivity index (χ2v) is 6.14. The maximum atomic E-state index is 10.6. The predicted molar refractivity (Wildman–Crippen MR) is 85.0 cm³/mol. The first kappa shape index (κ1) is 12.8. The van der Waals surface area contributed by atoms with Crippen LogP contribution >= 0.6 is 0 Å². The van der Waals surface area contributed by atoms with Crippen LogP contribution in [0.25, 0.3) is 22.4 Å². The number of benzene rings is 1. The molecule has 1 N–H and O–H groups in total. The highest BCUT2D eigenvalue weighted by molar-refractivity contribution is 5.97. The van der Waals surface area contributed by atoms with Crippen molar-refractivity contribution in [1.29, 1.82) is 0 Å². The van der Waals surface area contributed by atoms with E-state index in [4.69, 9.17) is 0 Å². The molecule has 0 bridgehead atoms. The molecular weight excluding hydrogens is 260 g/mol. The molecule has 0 radical (unpaired) electrons. The summed E-state index contributed by atoms with van der Waals surface area (Å²) in [5.74, 6) is 0.408. The molecule has 21 heavy (non-hydrogen) atoms. The Labute approximate surface area is 123 Å². The van der Waals surface area contributed by atoms with Gasteiger partial charge in [0.05, 0.1) is 29.5 Å². The molecule has 0 amide bonds. The van der Waals surface area contributed by atoms with E-state index in [9.17, 15) is 5.11 Å². The topological polar surface area (TPSA) is 37.5 Å². The lowest BCUT2D eigenvalue weighted by Gasteiger charge is -2.24. The van der Waals surface area contributed by atoms with Crippen LogP contribution < -0.4 is 5.35 Å². The van der Waals surface area contributed by atoms with Gasteiger partial charge in [-0.05, 0) is 24.8 Å². The van der Waals surface area contributed by atoms with Gasteiger partial charge in [-0.15, -0.1) is 0 Å². The maximum Gasteiger partial charge on any atom is 0.0997 e. The van der Waals surface area contributed by atoms with Crippen molar-refractivity contribution in [3.8, 4) is 0 Å². The molecule has 3 aromatic rings. The molecule has 0 aliphatic heterocycles. The van der Waals surface area contributed by atoms with Crippen molar-refractivity contribution in [3.63, 3.8) is 0 Å². The van der Waals surface area contributed by atoms with E-state index in [0.717, 1.165) is 23.7 Å². The maximum absolute atomic E-state index is 10.6. The summed E-state index contributed by atoms with van der Waals surface area (Å²) < 4.78 is 2.09. The molecule has 3 nitrogen and oxygen atoms in total. The third kappa shape index (κ3) is 2.12. The Morgan fingerprint density at radius 3 is 2.71 bits per heavy atom.